The van der Waals surface area contributed by atoms with Gasteiger partial charge in [0, 0.05) is 16.4 Å². The Labute approximate surface area is 114 Å². The first-order valence-corrected chi connectivity index (χ1v) is 6.54. The third-order valence-corrected chi connectivity index (χ3v) is 3.80. The van der Waals surface area contributed by atoms with Crippen molar-refractivity contribution in [2.45, 2.75) is 19.3 Å². The van der Waals surface area contributed by atoms with Gasteiger partial charge in [0.05, 0.1) is 17.3 Å². The summed E-state index contributed by atoms with van der Waals surface area (Å²) in [4.78, 5) is 13.5. The molecule has 0 fully saturated rings. The number of carbonyl (C=O) groups is 1. The van der Waals surface area contributed by atoms with E-state index >= 15 is 0 Å². The first-order valence-electron chi connectivity index (χ1n) is 5.37. The lowest BCUT2D eigenvalue weighted by Crippen LogP contribution is -2.37. The normalized spacial score (nSPS) is 17.1. The predicted molar refractivity (Wildman–Crippen MR) is 73.6 cm³/mol. The Kier molecular flexibility index (Phi) is 3.23. The van der Waals surface area contributed by atoms with Gasteiger partial charge in [0.25, 0.3) is 0 Å². The molecule has 1 aliphatic rings. The van der Waals surface area contributed by atoms with Crippen LogP contribution in [0.3, 0.4) is 0 Å². The summed E-state index contributed by atoms with van der Waals surface area (Å²) in [6.07, 6.45) is 0. The van der Waals surface area contributed by atoms with Crippen LogP contribution in [0, 0.1) is 0 Å². The fourth-order valence-corrected chi connectivity index (χ4v) is 3.15. The molecule has 0 atom stereocenters. The number of nitrogens with zero attached hydrogens (tertiary/aromatic N) is 1. The summed E-state index contributed by atoms with van der Waals surface area (Å²) >= 11 is 9.66. The number of amides is 1. The molecule has 0 spiro atoms. The van der Waals surface area contributed by atoms with Gasteiger partial charge in [-0.3, -0.25) is 4.79 Å². The molecular weight excluding hydrogens is 304 g/mol. The Morgan fingerprint density at radius 3 is 2.82 bits per heavy atom. The van der Waals surface area contributed by atoms with E-state index in [1.165, 1.54) is 0 Å². The Bertz CT molecular complexity index is 488. The highest BCUT2D eigenvalue weighted by Gasteiger charge is 2.39. The zero-order valence-corrected chi connectivity index (χ0v) is 12.1. The average molecular weight is 318 g/mol. The lowest BCUT2D eigenvalue weighted by molar-refractivity contribution is -0.117. The second kappa shape index (κ2) is 4.26. The maximum Gasteiger partial charge on any atom is 0.240 e. The van der Waals surface area contributed by atoms with Gasteiger partial charge >= 0.3 is 0 Å². The smallest absolute Gasteiger partial charge is 0.240 e. The molecule has 1 heterocycles. The second-order valence-electron chi connectivity index (χ2n) is 4.85. The average Bonchev–Trinajstić information content (AvgIpc) is 2.50. The molecule has 17 heavy (non-hydrogen) atoms. The number of benzene rings is 1. The quantitative estimate of drug-likeness (QED) is 0.865. The number of hydrogen-bond acceptors (Lipinski definition) is 2. The first-order chi connectivity index (χ1) is 7.86. The Morgan fingerprint density at radius 2 is 2.24 bits per heavy atom. The van der Waals surface area contributed by atoms with E-state index in [9.17, 15) is 4.79 Å². The molecule has 5 heteroatoms. The summed E-state index contributed by atoms with van der Waals surface area (Å²) in [7, 11) is 0. The fraction of sp³-hybridized carbons (Fsp3) is 0.417. The molecular formula is C12H14BrClN2O. The van der Waals surface area contributed by atoms with Gasteiger partial charge in [-0.25, -0.2) is 0 Å². The predicted octanol–water partition coefficient (Wildman–Crippen LogP) is 2.69. The Hall–Kier alpha value is -0.580. The maximum atomic E-state index is 11.8. The van der Waals surface area contributed by atoms with Crippen molar-refractivity contribution in [3.05, 3.63) is 27.2 Å². The van der Waals surface area contributed by atoms with Crippen LogP contribution in [-0.2, 0) is 10.2 Å². The summed E-state index contributed by atoms with van der Waals surface area (Å²) in [5.74, 6) is -0.0963. The van der Waals surface area contributed by atoms with Gasteiger partial charge in [0.1, 0.15) is 0 Å². The van der Waals surface area contributed by atoms with Crippen LogP contribution < -0.4 is 10.6 Å². The van der Waals surface area contributed by atoms with Crippen LogP contribution in [0.15, 0.2) is 16.6 Å². The molecule has 0 saturated carbocycles. The van der Waals surface area contributed by atoms with Crippen LogP contribution in [0.1, 0.15) is 19.4 Å². The zero-order valence-electron chi connectivity index (χ0n) is 9.76. The van der Waals surface area contributed by atoms with Crippen LogP contribution >= 0.6 is 27.5 Å². The molecule has 92 valence electrons. The largest absolute Gasteiger partial charge is 0.322 e. The summed E-state index contributed by atoms with van der Waals surface area (Å²) in [5, 5.41) is 0.585. The highest BCUT2D eigenvalue weighted by atomic mass is 79.9. The second-order valence-corrected chi connectivity index (χ2v) is 6.17. The number of carbonyl (C=O) groups excluding carboxylic acids is 1. The zero-order chi connectivity index (χ0) is 12.8. The number of fused-ring (bicyclic) bond motifs is 1. The maximum absolute atomic E-state index is 11.8. The fourth-order valence-electron chi connectivity index (χ4n) is 2.24. The molecule has 2 rings (SSSR count). The molecule has 1 aromatic carbocycles. The van der Waals surface area contributed by atoms with Crippen LogP contribution in [0.2, 0.25) is 5.02 Å². The number of rotatable bonds is 1. The van der Waals surface area contributed by atoms with Gasteiger partial charge in [-0.05, 0) is 17.7 Å². The highest BCUT2D eigenvalue weighted by molar-refractivity contribution is 9.10. The van der Waals surface area contributed by atoms with E-state index in [0.717, 1.165) is 15.7 Å². The number of anilines is 1. The van der Waals surface area contributed by atoms with Crippen molar-refractivity contribution >= 4 is 39.1 Å². The van der Waals surface area contributed by atoms with Crippen LogP contribution in [0.5, 0.6) is 0 Å². The van der Waals surface area contributed by atoms with Gasteiger partial charge in [0.2, 0.25) is 5.91 Å². The Morgan fingerprint density at radius 1 is 1.59 bits per heavy atom. The molecule has 1 amide bonds. The molecule has 1 aromatic rings. The molecule has 3 nitrogen and oxygen atoms in total. The minimum absolute atomic E-state index is 0.00190. The van der Waals surface area contributed by atoms with E-state index in [-0.39, 0.29) is 17.9 Å². The van der Waals surface area contributed by atoms with Crippen LogP contribution in [0.4, 0.5) is 5.69 Å². The van der Waals surface area contributed by atoms with Crippen molar-refractivity contribution in [1.29, 1.82) is 0 Å². The number of halogens is 2. The molecule has 0 saturated heterocycles. The molecule has 0 bridgehead atoms. The van der Waals surface area contributed by atoms with E-state index in [2.05, 4.69) is 29.8 Å². The van der Waals surface area contributed by atoms with Gasteiger partial charge in [0.15, 0.2) is 0 Å². The third kappa shape index (κ3) is 2.09. The van der Waals surface area contributed by atoms with Crippen LogP contribution in [0.25, 0.3) is 0 Å². The SMILES string of the molecule is CC1(C)CN(C(=O)CN)c2c(Cl)cc(Br)cc21. The molecule has 0 aromatic heterocycles. The van der Waals surface area contributed by atoms with Gasteiger partial charge in [-0.1, -0.05) is 41.4 Å². The van der Waals surface area contributed by atoms with Gasteiger partial charge < -0.3 is 10.6 Å². The van der Waals surface area contributed by atoms with E-state index in [1.807, 2.05) is 6.07 Å². The van der Waals surface area contributed by atoms with Gasteiger partial charge in [-0.2, -0.15) is 0 Å². The van der Waals surface area contributed by atoms with E-state index in [0.29, 0.717) is 11.6 Å². The molecule has 0 unspecified atom stereocenters. The van der Waals surface area contributed by atoms with Crippen LogP contribution in [-0.4, -0.2) is 19.0 Å². The molecule has 1 aliphatic heterocycles. The Balaban J connectivity index is 2.61. The molecule has 2 N–H and O–H groups in total. The third-order valence-electron chi connectivity index (χ3n) is 3.06. The summed E-state index contributed by atoms with van der Waals surface area (Å²) in [5.41, 5.74) is 7.21. The molecule has 0 aliphatic carbocycles. The molecule has 0 radical (unpaired) electrons. The van der Waals surface area contributed by atoms with E-state index in [4.69, 9.17) is 17.3 Å². The van der Waals surface area contributed by atoms with E-state index < -0.39 is 0 Å². The summed E-state index contributed by atoms with van der Waals surface area (Å²) in [6, 6.07) is 3.82. The standard InChI is InChI=1S/C12H14BrClN2O/c1-12(2)6-16(10(17)5-15)11-8(12)3-7(13)4-9(11)14/h3-4H,5-6,15H2,1-2H3. The number of nitrogens with two attached hydrogens (primary N) is 1. The van der Waals surface area contributed by atoms with Crippen molar-refractivity contribution in [2.24, 2.45) is 5.73 Å². The highest BCUT2D eigenvalue weighted by Crippen LogP contribution is 2.45. The lowest BCUT2D eigenvalue weighted by atomic mass is 9.87. The first kappa shape index (κ1) is 12.9. The van der Waals surface area contributed by atoms with Crippen molar-refractivity contribution in [3.8, 4) is 0 Å². The summed E-state index contributed by atoms with van der Waals surface area (Å²) in [6.45, 7) is 4.81. The van der Waals surface area contributed by atoms with Crippen molar-refractivity contribution in [3.63, 3.8) is 0 Å². The lowest BCUT2D eigenvalue weighted by Gasteiger charge is -2.20. The minimum Gasteiger partial charge on any atom is -0.322 e. The monoisotopic (exact) mass is 316 g/mol. The van der Waals surface area contributed by atoms with E-state index in [1.54, 1.807) is 11.0 Å². The van der Waals surface area contributed by atoms with Crippen molar-refractivity contribution < 1.29 is 4.79 Å². The number of hydrogen-bond donors (Lipinski definition) is 1. The topological polar surface area (TPSA) is 46.3 Å². The minimum atomic E-state index is -0.104. The van der Waals surface area contributed by atoms with Crippen molar-refractivity contribution in [2.75, 3.05) is 18.0 Å². The van der Waals surface area contributed by atoms with Crippen molar-refractivity contribution in [1.82, 2.24) is 0 Å². The summed E-state index contributed by atoms with van der Waals surface area (Å²) < 4.78 is 0.927. The van der Waals surface area contributed by atoms with Gasteiger partial charge in [-0.15, -0.1) is 0 Å².